The summed E-state index contributed by atoms with van der Waals surface area (Å²) in [4.78, 5) is 14.5. The smallest absolute Gasteiger partial charge is 0.283 e. The van der Waals surface area contributed by atoms with Crippen molar-refractivity contribution in [3.05, 3.63) is 21.0 Å². The number of anilines is 1. The first-order chi connectivity index (χ1) is 10.1. The van der Waals surface area contributed by atoms with Crippen LogP contribution in [0.1, 0.15) is 19.3 Å². The van der Waals surface area contributed by atoms with Gasteiger partial charge in [0.2, 0.25) is 0 Å². The zero-order valence-corrected chi connectivity index (χ0v) is 14.2. The minimum absolute atomic E-state index is 0.126. The number of hydrogen-bond acceptors (Lipinski definition) is 5. The molecule has 2 atom stereocenters. The highest BCUT2D eigenvalue weighted by atomic mass is 79.9. The van der Waals surface area contributed by atoms with E-state index in [4.69, 9.17) is 10.5 Å². The number of nitrogens with zero attached hydrogens (tertiary/aromatic N) is 3. The maximum Gasteiger partial charge on any atom is 0.283 e. The van der Waals surface area contributed by atoms with E-state index < -0.39 is 0 Å². The van der Waals surface area contributed by atoms with Gasteiger partial charge in [-0.2, -0.15) is 5.10 Å². The highest BCUT2D eigenvalue weighted by molar-refractivity contribution is 9.10. The summed E-state index contributed by atoms with van der Waals surface area (Å²) in [6, 6.07) is 0.377. The molecule has 21 heavy (non-hydrogen) atoms. The van der Waals surface area contributed by atoms with Crippen LogP contribution in [-0.4, -0.2) is 43.1 Å². The number of rotatable bonds is 6. The van der Waals surface area contributed by atoms with Crippen LogP contribution in [0.15, 0.2) is 15.5 Å². The van der Waals surface area contributed by atoms with E-state index in [0.717, 1.165) is 18.5 Å². The average molecular weight is 359 g/mol. The second-order valence-corrected chi connectivity index (χ2v) is 6.26. The van der Waals surface area contributed by atoms with Gasteiger partial charge in [0.15, 0.2) is 0 Å². The summed E-state index contributed by atoms with van der Waals surface area (Å²) >= 11 is 3.43. The monoisotopic (exact) mass is 358 g/mol. The van der Waals surface area contributed by atoms with Crippen LogP contribution < -0.4 is 16.2 Å². The van der Waals surface area contributed by atoms with Crippen molar-refractivity contribution in [1.29, 1.82) is 0 Å². The van der Waals surface area contributed by atoms with E-state index in [0.29, 0.717) is 36.1 Å². The normalized spacial score (nSPS) is 21.7. The molecule has 0 spiro atoms. The molecular weight excluding hydrogens is 336 g/mol. The average Bonchev–Trinajstić information content (AvgIpc) is 2.96. The lowest BCUT2D eigenvalue weighted by atomic mass is 10.0. The third-order valence-corrected chi connectivity index (χ3v) is 5.02. The summed E-state index contributed by atoms with van der Waals surface area (Å²) in [6.45, 7) is 1.60. The second kappa shape index (κ2) is 7.38. The van der Waals surface area contributed by atoms with Gasteiger partial charge in [-0.1, -0.05) is 6.42 Å². The molecule has 1 fully saturated rings. The fraction of sp³-hybridized carbons (Fsp3) is 0.714. The Balaban J connectivity index is 2.24. The molecule has 0 saturated heterocycles. The van der Waals surface area contributed by atoms with Gasteiger partial charge in [-0.15, -0.1) is 0 Å². The van der Waals surface area contributed by atoms with E-state index in [9.17, 15) is 4.79 Å². The first-order valence-electron chi connectivity index (χ1n) is 7.27. The largest absolute Gasteiger partial charge is 0.383 e. The maximum atomic E-state index is 12.3. The van der Waals surface area contributed by atoms with Gasteiger partial charge in [-0.3, -0.25) is 4.79 Å². The van der Waals surface area contributed by atoms with Gasteiger partial charge >= 0.3 is 0 Å². The Morgan fingerprint density at radius 3 is 3.00 bits per heavy atom. The van der Waals surface area contributed by atoms with E-state index in [2.05, 4.69) is 25.9 Å². The van der Waals surface area contributed by atoms with Crippen molar-refractivity contribution >= 4 is 21.6 Å². The lowest BCUT2D eigenvalue weighted by molar-refractivity contribution is 0.181. The molecule has 1 aliphatic rings. The maximum absolute atomic E-state index is 12.3. The highest BCUT2D eigenvalue weighted by Gasteiger charge is 2.30. The standard InChI is InChI=1S/C14H23BrN4O2/c1-18(11-5-3-4-10(11)8-16)12-9-17-19(6-7-21-2)14(20)13(12)15/h9-11H,3-8,16H2,1-2H3. The molecule has 1 saturated carbocycles. The molecule has 2 rings (SSSR count). The Hall–Kier alpha value is -0.920. The number of hydrogen-bond donors (Lipinski definition) is 1. The molecule has 0 bridgehead atoms. The second-order valence-electron chi connectivity index (χ2n) is 5.47. The van der Waals surface area contributed by atoms with Crippen molar-refractivity contribution in [3.63, 3.8) is 0 Å². The van der Waals surface area contributed by atoms with Crippen molar-refractivity contribution in [3.8, 4) is 0 Å². The van der Waals surface area contributed by atoms with Gasteiger partial charge in [-0.05, 0) is 41.2 Å². The summed E-state index contributed by atoms with van der Waals surface area (Å²) in [7, 11) is 3.62. The third-order valence-electron chi connectivity index (χ3n) is 4.27. The molecule has 1 aromatic heterocycles. The first kappa shape index (κ1) is 16.5. The van der Waals surface area contributed by atoms with Gasteiger partial charge in [0.1, 0.15) is 4.47 Å². The van der Waals surface area contributed by atoms with E-state index in [1.807, 2.05) is 7.05 Å². The van der Waals surface area contributed by atoms with E-state index in [-0.39, 0.29) is 5.56 Å². The SMILES string of the molecule is COCCn1ncc(N(C)C2CCCC2CN)c(Br)c1=O. The minimum Gasteiger partial charge on any atom is -0.383 e. The Bertz CT molecular complexity index is 534. The number of nitrogens with two attached hydrogens (primary N) is 1. The number of aromatic nitrogens is 2. The zero-order valence-electron chi connectivity index (χ0n) is 12.6. The van der Waals surface area contributed by atoms with Gasteiger partial charge < -0.3 is 15.4 Å². The molecule has 2 N–H and O–H groups in total. The topological polar surface area (TPSA) is 73.4 Å². The summed E-state index contributed by atoms with van der Waals surface area (Å²) < 4.78 is 6.96. The summed E-state index contributed by atoms with van der Waals surface area (Å²) in [5.41, 5.74) is 6.56. The van der Waals surface area contributed by atoms with Gasteiger partial charge in [0.25, 0.3) is 5.56 Å². The Kier molecular flexibility index (Phi) is 5.78. The fourth-order valence-corrected chi connectivity index (χ4v) is 3.61. The number of methoxy groups -OCH3 is 1. The van der Waals surface area contributed by atoms with Crippen molar-refractivity contribution in [2.75, 3.05) is 32.2 Å². The van der Waals surface area contributed by atoms with E-state index in [1.165, 1.54) is 11.1 Å². The van der Waals surface area contributed by atoms with Crippen LogP contribution in [0.2, 0.25) is 0 Å². The molecule has 1 aromatic rings. The lowest BCUT2D eigenvalue weighted by Gasteiger charge is -2.31. The Morgan fingerprint density at radius 2 is 2.33 bits per heavy atom. The predicted octanol–water partition coefficient (Wildman–Crippen LogP) is 1.22. The van der Waals surface area contributed by atoms with Gasteiger partial charge in [-0.25, -0.2) is 4.68 Å². The summed E-state index contributed by atoms with van der Waals surface area (Å²) in [5, 5.41) is 4.24. The zero-order chi connectivity index (χ0) is 15.4. The minimum atomic E-state index is -0.126. The summed E-state index contributed by atoms with van der Waals surface area (Å²) in [6.07, 6.45) is 5.19. The molecule has 0 aliphatic heterocycles. The van der Waals surface area contributed by atoms with Gasteiger partial charge in [0.05, 0.1) is 25.0 Å². The van der Waals surface area contributed by atoms with Crippen LogP contribution in [0.3, 0.4) is 0 Å². The molecule has 0 radical (unpaired) electrons. The van der Waals surface area contributed by atoms with Crippen LogP contribution in [-0.2, 0) is 11.3 Å². The number of ether oxygens (including phenoxy) is 1. The lowest BCUT2D eigenvalue weighted by Crippen LogP contribution is -2.39. The van der Waals surface area contributed by atoms with Gasteiger partial charge in [0, 0.05) is 20.2 Å². The van der Waals surface area contributed by atoms with Crippen LogP contribution in [0.5, 0.6) is 0 Å². The quantitative estimate of drug-likeness (QED) is 0.827. The first-order valence-corrected chi connectivity index (χ1v) is 8.07. The molecule has 1 heterocycles. The molecule has 1 aliphatic carbocycles. The van der Waals surface area contributed by atoms with E-state index >= 15 is 0 Å². The molecule has 118 valence electrons. The van der Waals surface area contributed by atoms with Crippen molar-refractivity contribution in [2.45, 2.75) is 31.8 Å². The van der Waals surface area contributed by atoms with Crippen molar-refractivity contribution < 1.29 is 4.74 Å². The molecule has 0 amide bonds. The Labute approximate surface area is 133 Å². The van der Waals surface area contributed by atoms with Crippen LogP contribution in [0, 0.1) is 5.92 Å². The van der Waals surface area contributed by atoms with Crippen LogP contribution >= 0.6 is 15.9 Å². The van der Waals surface area contributed by atoms with E-state index in [1.54, 1.807) is 13.3 Å². The summed E-state index contributed by atoms with van der Waals surface area (Å²) in [5.74, 6) is 0.484. The molecular formula is C14H23BrN4O2. The molecule has 2 unspecified atom stereocenters. The molecule has 6 nitrogen and oxygen atoms in total. The van der Waals surface area contributed by atoms with Crippen LogP contribution in [0.25, 0.3) is 0 Å². The van der Waals surface area contributed by atoms with Crippen molar-refractivity contribution in [1.82, 2.24) is 9.78 Å². The number of halogens is 1. The van der Waals surface area contributed by atoms with Crippen LogP contribution in [0.4, 0.5) is 5.69 Å². The predicted molar refractivity (Wildman–Crippen MR) is 86.7 cm³/mol. The Morgan fingerprint density at radius 1 is 1.57 bits per heavy atom. The molecule has 7 heteroatoms. The fourth-order valence-electron chi connectivity index (χ4n) is 3.02. The highest BCUT2D eigenvalue weighted by Crippen LogP contribution is 2.33. The molecule has 0 aromatic carbocycles. The van der Waals surface area contributed by atoms with Crippen molar-refractivity contribution in [2.24, 2.45) is 11.7 Å². The third kappa shape index (κ3) is 3.46.